The first-order valence-electron chi connectivity index (χ1n) is 6.79. The van der Waals surface area contributed by atoms with Crippen molar-refractivity contribution in [2.24, 2.45) is 0 Å². The van der Waals surface area contributed by atoms with Gasteiger partial charge in [0.05, 0.1) is 28.4 Å². The van der Waals surface area contributed by atoms with Gasteiger partial charge in [-0.2, -0.15) is 13.2 Å². The summed E-state index contributed by atoms with van der Waals surface area (Å²) in [6.45, 7) is 7.18. The topological polar surface area (TPSA) is 29.5 Å². The van der Waals surface area contributed by atoms with Crippen molar-refractivity contribution in [3.8, 4) is 5.75 Å². The van der Waals surface area contributed by atoms with Crippen molar-refractivity contribution in [2.45, 2.75) is 44.7 Å². The van der Waals surface area contributed by atoms with Crippen LogP contribution in [-0.4, -0.2) is 27.4 Å². The molecule has 0 aliphatic rings. The molecule has 0 saturated heterocycles. The number of methoxy groups -OCH3 is 1. The first kappa shape index (κ1) is 19.0. The minimum absolute atomic E-state index is 0.131. The van der Waals surface area contributed by atoms with Crippen LogP contribution in [0.1, 0.15) is 44.9 Å². The SMILES string of the molecule is COc1cc([C@@H](C)N(C)[S@@](=O)C(C)(C)C)cc(C(F)(F)F)c1. The average Bonchev–Trinajstić information content (AvgIpc) is 2.42. The lowest BCUT2D eigenvalue weighted by atomic mass is 10.0. The molecule has 126 valence electrons. The van der Waals surface area contributed by atoms with E-state index in [-0.39, 0.29) is 5.75 Å². The van der Waals surface area contributed by atoms with E-state index in [0.717, 1.165) is 12.1 Å². The van der Waals surface area contributed by atoms with E-state index in [1.165, 1.54) is 13.2 Å². The number of halogens is 3. The van der Waals surface area contributed by atoms with Crippen molar-refractivity contribution in [1.82, 2.24) is 4.31 Å². The average molecular weight is 337 g/mol. The van der Waals surface area contributed by atoms with Crippen LogP contribution in [0.2, 0.25) is 0 Å². The summed E-state index contributed by atoms with van der Waals surface area (Å²) < 4.78 is 57.3. The molecule has 3 nitrogen and oxygen atoms in total. The van der Waals surface area contributed by atoms with E-state index >= 15 is 0 Å². The maximum absolute atomic E-state index is 13.0. The monoisotopic (exact) mass is 337 g/mol. The Morgan fingerprint density at radius 2 is 1.73 bits per heavy atom. The highest BCUT2D eigenvalue weighted by Crippen LogP contribution is 2.35. The molecule has 0 spiro atoms. The highest BCUT2D eigenvalue weighted by Gasteiger charge is 2.33. The Kier molecular flexibility index (Phi) is 5.67. The number of rotatable bonds is 4. The summed E-state index contributed by atoms with van der Waals surface area (Å²) in [6, 6.07) is 3.12. The molecule has 0 saturated carbocycles. The van der Waals surface area contributed by atoms with Crippen molar-refractivity contribution in [2.75, 3.05) is 14.2 Å². The molecule has 0 aromatic heterocycles. The maximum Gasteiger partial charge on any atom is 0.416 e. The Labute approximate surface area is 132 Å². The Morgan fingerprint density at radius 1 is 1.18 bits per heavy atom. The van der Waals surface area contributed by atoms with Gasteiger partial charge in [0.1, 0.15) is 5.75 Å². The minimum atomic E-state index is -4.45. The first-order chi connectivity index (χ1) is 9.87. The summed E-state index contributed by atoms with van der Waals surface area (Å²) in [4.78, 5) is 0. The standard InChI is InChI=1S/C15H22F3NO2S/c1-10(19(5)22(20)14(2,3)4)11-7-12(15(16,17)18)9-13(8-11)21-6/h7-10H,1-6H3/t10-,22+/m1/s1. The fraction of sp³-hybridized carbons (Fsp3) is 0.600. The third-order valence-corrected chi connectivity index (χ3v) is 5.19. The van der Waals surface area contributed by atoms with Crippen LogP contribution in [0.15, 0.2) is 18.2 Å². The second-order valence-corrected chi connectivity index (χ2v) is 8.38. The number of ether oxygens (including phenoxy) is 1. The Morgan fingerprint density at radius 3 is 2.14 bits per heavy atom. The van der Waals surface area contributed by atoms with E-state index in [0.29, 0.717) is 5.56 Å². The molecule has 1 aromatic rings. The van der Waals surface area contributed by atoms with Crippen LogP contribution in [0.3, 0.4) is 0 Å². The Bertz CT molecular complexity index is 553. The molecule has 0 heterocycles. The molecule has 0 radical (unpaired) electrons. The third-order valence-electron chi connectivity index (χ3n) is 3.31. The molecule has 0 unspecified atom stereocenters. The van der Waals surface area contributed by atoms with Gasteiger partial charge in [-0.05, 0) is 51.5 Å². The van der Waals surface area contributed by atoms with Gasteiger partial charge in [0.2, 0.25) is 0 Å². The molecule has 1 rings (SSSR count). The van der Waals surface area contributed by atoms with Gasteiger partial charge < -0.3 is 4.74 Å². The summed E-state index contributed by atoms with van der Waals surface area (Å²) >= 11 is 0. The molecule has 0 aliphatic heterocycles. The molecule has 0 aliphatic carbocycles. The van der Waals surface area contributed by atoms with Gasteiger partial charge in [-0.15, -0.1) is 0 Å². The second-order valence-electron chi connectivity index (χ2n) is 6.08. The Balaban J connectivity index is 3.23. The molecule has 0 fully saturated rings. The summed E-state index contributed by atoms with van der Waals surface area (Å²) in [5, 5.41) is 0. The molecule has 2 atom stereocenters. The molecule has 1 aromatic carbocycles. The summed E-state index contributed by atoms with van der Waals surface area (Å²) in [5.74, 6) is 0.131. The fourth-order valence-corrected chi connectivity index (χ4v) is 3.20. The van der Waals surface area contributed by atoms with E-state index in [1.807, 2.05) is 20.8 Å². The van der Waals surface area contributed by atoms with Crippen LogP contribution in [-0.2, 0) is 17.2 Å². The lowest BCUT2D eigenvalue weighted by molar-refractivity contribution is -0.137. The molecule has 0 bridgehead atoms. The maximum atomic E-state index is 13.0. The predicted octanol–water partition coefficient (Wildman–Crippen LogP) is 4.17. The van der Waals surface area contributed by atoms with E-state index < -0.39 is 33.5 Å². The number of hydrogen-bond acceptors (Lipinski definition) is 2. The van der Waals surface area contributed by atoms with Gasteiger partial charge in [0.25, 0.3) is 0 Å². The van der Waals surface area contributed by atoms with Crippen LogP contribution in [0.4, 0.5) is 13.2 Å². The van der Waals surface area contributed by atoms with Crippen molar-refractivity contribution < 1.29 is 22.1 Å². The summed E-state index contributed by atoms with van der Waals surface area (Å²) in [7, 11) is 1.62. The van der Waals surface area contributed by atoms with Crippen molar-refractivity contribution in [3.63, 3.8) is 0 Å². The summed E-state index contributed by atoms with van der Waals surface area (Å²) in [5.41, 5.74) is -0.365. The zero-order valence-corrected chi connectivity index (χ0v) is 14.4. The van der Waals surface area contributed by atoms with Crippen molar-refractivity contribution in [3.05, 3.63) is 29.3 Å². The van der Waals surface area contributed by atoms with E-state index in [2.05, 4.69) is 0 Å². The molecule has 0 amide bonds. The van der Waals surface area contributed by atoms with Gasteiger partial charge in [-0.1, -0.05) is 0 Å². The van der Waals surface area contributed by atoms with Gasteiger partial charge in [0, 0.05) is 13.1 Å². The highest BCUT2D eigenvalue weighted by atomic mass is 32.2. The summed E-state index contributed by atoms with van der Waals surface area (Å²) in [6.07, 6.45) is -4.45. The third kappa shape index (κ3) is 4.46. The van der Waals surface area contributed by atoms with Crippen LogP contribution in [0.5, 0.6) is 5.75 Å². The number of alkyl halides is 3. The number of nitrogens with zero attached hydrogens (tertiary/aromatic N) is 1. The molecular weight excluding hydrogens is 315 g/mol. The van der Waals surface area contributed by atoms with Crippen LogP contribution in [0.25, 0.3) is 0 Å². The van der Waals surface area contributed by atoms with Gasteiger partial charge in [0.15, 0.2) is 0 Å². The normalized spacial score (nSPS) is 15.7. The fourth-order valence-electron chi connectivity index (χ4n) is 1.93. The lowest BCUT2D eigenvalue weighted by Gasteiger charge is -2.30. The van der Waals surface area contributed by atoms with Crippen LogP contribution in [0, 0.1) is 0 Å². The predicted molar refractivity (Wildman–Crippen MR) is 82.1 cm³/mol. The zero-order chi connectivity index (χ0) is 17.3. The van der Waals surface area contributed by atoms with Crippen LogP contribution < -0.4 is 4.74 Å². The van der Waals surface area contributed by atoms with Crippen LogP contribution >= 0.6 is 0 Å². The lowest BCUT2D eigenvalue weighted by Crippen LogP contribution is -2.36. The van der Waals surface area contributed by atoms with Crippen molar-refractivity contribution in [1.29, 1.82) is 0 Å². The largest absolute Gasteiger partial charge is 0.497 e. The molecule has 7 heteroatoms. The Hall–Kier alpha value is -1.08. The number of hydrogen-bond donors (Lipinski definition) is 0. The quantitative estimate of drug-likeness (QED) is 0.825. The zero-order valence-electron chi connectivity index (χ0n) is 13.6. The number of benzene rings is 1. The second kappa shape index (κ2) is 6.58. The molecule has 0 N–H and O–H groups in total. The molecule has 22 heavy (non-hydrogen) atoms. The van der Waals surface area contributed by atoms with Gasteiger partial charge >= 0.3 is 6.18 Å². The van der Waals surface area contributed by atoms with Crippen molar-refractivity contribution >= 4 is 11.0 Å². The smallest absolute Gasteiger partial charge is 0.416 e. The minimum Gasteiger partial charge on any atom is -0.497 e. The first-order valence-corrected chi connectivity index (χ1v) is 7.89. The van der Waals surface area contributed by atoms with E-state index in [4.69, 9.17) is 4.74 Å². The van der Waals surface area contributed by atoms with E-state index in [9.17, 15) is 17.4 Å². The molecular formula is C15H22F3NO2S. The van der Waals surface area contributed by atoms with Gasteiger partial charge in [-0.25, -0.2) is 8.51 Å². The van der Waals surface area contributed by atoms with E-state index in [1.54, 1.807) is 18.3 Å². The van der Waals surface area contributed by atoms with Gasteiger partial charge in [-0.3, -0.25) is 0 Å². The highest BCUT2D eigenvalue weighted by molar-refractivity contribution is 7.84.